The molecule has 4 heteroatoms. The lowest BCUT2D eigenvalue weighted by atomic mass is 10.2. The molecule has 0 bridgehead atoms. The number of hydrogen-bond acceptors (Lipinski definition) is 3. The molecule has 2 N–H and O–H groups in total. The van der Waals surface area contributed by atoms with Gasteiger partial charge >= 0.3 is 0 Å². The molecule has 0 aromatic heterocycles. The van der Waals surface area contributed by atoms with Crippen LogP contribution in [-0.2, 0) is 4.79 Å². The molecule has 3 nitrogen and oxygen atoms in total. The van der Waals surface area contributed by atoms with Gasteiger partial charge in [0.05, 0.1) is 11.0 Å². The molecule has 1 amide bonds. The molecule has 1 fully saturated rings. The van der Waals surface area contributed by atoms with E-state index in [1.165, 1.54) is 0 Å². The minimum atomic E-state index is -0.122. The standard InChI is InChI=1S/C10H16N2OS/c1-7(2)6-9(13)12-10(14)8-4-3-5-11-8/h6,8,11H,3-5H2,1-2H3,(H,12,13,14). The number of thiocarbonyl (C=S) groups is 1. The predicted molar refractivity (Wildman–Crippen MR) is 61.2 cm³/mol. The Labute approximate surface area is 89.9 Å². The van der Waals surface area contributed by atoms with Crippen molar-refractivity contribution in [3.8, 4) is 0 Å². The van der Waals surface area contributed by atoms with E-state index in [0.29, 0.717) is 4.99 Å². The van der Waals surface area contributed by atoms with Gasteiger partial charge in [-0.15, -0.1) is 0 Å². The van der Waals surface area contributed by atoms with Crippen molar-refractivity contribution in [1.29, 1.82) is 0 Å². The molecule has 78 valence electrons. The maximum absolute atomic E-state index is 11.3. The second kappa shape index (κ2) is 5.22. The first kappa shape index (κ1) is 11.3. The Balaban J connectivity index is 2.40. The van der Waals surface area contributed by atoms with Crippen LogP contribution in [0.15, 0.2) is 11.6 Å². The predicted octanol–water partition coefficient (Wildman–Crippen LogP) is 1.15. The highest BCUT2D eigenvalue weighted by Crippen LogP contribution is 2.05. The molecule has 1 aliphatic rings. The fraction of sp³-hybridized carbons (Fsp3) is 0.600. The van der Waals surface area contributed by atoms with E-state index in [-0.39, 0.29) is 11.9 Å². The molecule has 0 aromatic rings. The fourth-order valence-corrected chi connectivity index (χ4v) is 1.72. The van der Waals surface area contributed by atoms with Crippen molar-refractivity contribution in [1.82, 2.24) is 10.6 Å². The lowest BCUT2D eigenvalue weighted by Crippen LogP contribution is -2.41. The van der Waals surface area contributed by atoms with Crippen LogP contribution in [0.3, 0.4) is 0 Å². The Morgan fingerprint density at radius 2 is 2.29 bits per heavy atom. The largest absolute Gasteiger partial charge is 0.316 e. The van der Waals surface area contributed by atoms with Crippen LogP contribution in [0.1, 0.15) is 26.7 Å². The van der Waals surface area contributed by atoms with Crippen LogP contribution in [-0.4, -0.2) is 23.5 Å². The van der Waals surface area contributed by atoms with Crippen molar-refractivity contribution in [2.75, 3.05) is 6.54 Å². The summed E-state index contributed by atoms with van der Waals surface area (Å²) in [6.45, 7) is 4.76. The summed E-state index contributed by atoms with van der Waals surface area (Å²) in [5.41, 5.74) is 0.977. The molecule has 0 radical (unpaired) electrons. The topological polar surface area (TPSA) is 41.1 Å². The Bertz CT molecular complexity index is 263. The summed E-state index contributed by atoms with van der Waals surface area (Å²) in [5, 5.41) is 5.95. The van der Waals surface area contributed by atoms with Gasteiger partial charge in [-0.2, -0.15) is 0 Å². The van der Waals surface area contributed by atoms with E-state index >= 15 is 0 Å². The monoisotopic (exact) mass is 212 g/mol. The van der Waals surface area contributed by atoms with Gasteiger partial charge in [-0.1, -0.05) is 17.8 Å². The Kier molecular flexibility index (Phi) is 4.22. The molecule has 1 atom stereocenters. The van der Waals surface area contributed by atoms with E-state index < -0.39 is 0 Å². The van der Waals surface area contributed by atoms with Crippen molar-refractivity contribution in [2.45, 2.75) is 32.7 Å². The van der Waals surface area contributed by atoms with Crippen molar-refractivity contribution < 1.29 is 4.79 Å². The average molecular weight is 212 g/mol. The highest BCUT2D eigenvalue weighted by atomic mass is 32.1. The summed E-state index contributed by atoms with van der Waals surface area (Å²) in [5.74, 6) is -0.122. The molecule has 1 saturated heterocycles. The molecule has 1 heterocycles. The van der Waals surface area contributed by atoms with Crippen molar-refractivity contribution in [3.63, 3.8) is 0 Å². The molecule has 1 unspecified atom stereocenters. The first-order valence-corrected chi connectivity index (χ1v) is 5.23. The fourth-order valence-electron chi connectivity index (χ4n) is 1.42. The minimum Gasteiger partial charge on any atom is -0.316 e. The van der Waals surface area contributed by atoms with Gasteiger partial charge in [0.15, 0.2) is 0 Å². The Hall–Kier alpha value is -0.740. The van der Waals surface area contributed by atoms with Crippen molar-refractivity contribution >= 4 is 23.1 Å². The van der Waals surface area contributed by atoms with E-state index in [9.17, 15) is 4.79 Å². The smallest absolute Gasteiger partial charge is 0.248 e. The SMILES string of the molecule is CC(C)=CC(=O)NC(=S)C1CCCN1. The Morgan fingerprint density at radius 1 is 1.57 bits per heavy atom. The first-order chi connectivity index (χ1) is 6.59. The van der Waals surface area contributed by atoms with Gasteiger partial charge in [0.2, 0.25) is 5.91 Å². The number of carbonyl (C=O) groups is 1. The lowest BCUT2D eigenvalue weighted by molar-refractivity contribution is -0.115. The lowest BCUT2D eigenvalue weighted by Gasteiger charge is -2.11. The van der Waals surface area contributed by atoms with Crippen LogP contribution < -0.4 is 10.6 Å². The van der Waals surface area contributed by atoms with Crippen LogP contribution in [0.4, 0.5) is 0 Å². The number of allylic oxidation sites excluding steroid dienone is 1. The van der Waals surface area contributed by atoms with Crippen molar-refractivity contribution in [3.05, 3.63) is 11.6 Å². The van der Waals surface area contributed by atoms with Gasteiger partial charge in [0, 0.05) is 6.08 Å². The van der Waals surface area contributed by atoms with Gasteiger partial charge in [0.25, 0.3) is 0 Å². The number of carbonyl (C=O) groups excluding carboxylic acids is 1. The normalized spacial score (nSPS) is 20.3. The third-order valence-corrected chi connectivity index (χ3v) is 2.43. The van der Waals surface area contributed by atoms with Crippen molar-refractivity contribution in [2.24, 2.45) is 0 Å². The zero-order valence-corrected chi connectivity index (χ0v) is 9.41. The first-order valence-electron chi connectivity index (χ1n) is 4.82. The van der Waals surface area contributed by atoms with Gasteiger partial charge in [0.1, 0.15) is 0 Å². The third-order valence-electron chi connectivity index (χ3n) is 2.04. The van der Waals surface area contributed by atoms with Gasteiger partial charge in [-0.05, 0) is 33.2 Å². The second-order valence-electron chi connectivity index (χ2n) is 3.72. The quantitative estimate of drug-likeness (QED) is 0.533. The number of rotatable bonds is 2. The van der Waals surface area contributed by atoms with Crippen LogP contribution in [0, 0.1) is 0 Å². The van der Waals surface area contributed by atoms with Gasteiger partial charge in [-0.3, -0.25) is 4.79 Å². The van der Waals surface area contributed by atoms with E-state index in [1.54, 1.807) is 6.08 Å². The van der Waals surface area contributed by atoms with E-state index in [0.717, 1.165) is 25.0 Å². The third kappa shape index (κ3) is 3.55. The number of amides is 1. The van der Waals surface area contributed by atoms with E-state index in [1.807, 2.05) is 13.8 Å². The minimum absolute atomic E-state index is 0.122. The highest BCUT2D eigenvalue weighted by Gasteiger charge is 2.19. The van der Waals surface area contributed by atoms with Gasteiger partial charge < -0.3 is 10.6 Å². The maximum atomic E-state index is 11.3. The highest BCUT2D eigenvalue weighted by molar-refractivity contribution is 7.80. The summed E-state index contributed by atoms with van der Waals surface area (Å²) < 4.78 is 0. The van der Waals surface area contributed by atoms with Crippen LogP contribution in [0.2, 0.25) is 0 Å². The van der Waals surface area contributed by atoms with Gasteiger partial charge in [-0.25, -0.2) is 0 Å². The molecule has 1 aliphatic heterocycles. The summed E-state index contributed by atoms with van der Waals surface area (Å²) in [4.78, 5) is 11.9. The summed E-state index contributed by atoms with van der Waals surface area (Å²) in [7, 11) is 0. The van der Waals surface area contributed by atoms with E-state index in [4.69, 9.17) is 12.2 Å². The zero-order chi connectivity index (χ0) is 10.6. The average Bonchev–Trinajstić information content (AvgIpc) is 2.53. The molecule has 14 heavy (non-hydrogen) atoms. The molecular formula is C10H16N2OS. The number of hydrogen-bond donors (Lipinski definition) is 2. The molecule has 0 spiro atoms. The summed E-state index contributed by atoms with van der Waals surface area (Å²) in [6.07, 6.45) is 3.71. The Morgan fingerprint density at radius 3 is 2.79 bits per heavy atom. The summed E-state index contributed by atoms with van der Waals surface area (Å²) in [6, 6.07) is 0.180. The molecule has 1 rings (SSSR count). The summed E-state index contributed by atoms with van der Waals surface area (Å²) >= 11 is 5.12. The van der Waals surface area contributed by atoms with Crippen LogP contribution in [0.25, 0.3) is 0 Å². The molecular weight excluding hydrogens is 196 g/mol. The zero-order valence-electron chi connectivity index (χ0n) is 8.59. The molecule has 0 aromatic carbocycles. The second-order valence-corrected chi connectivity index (χ2v) is 4.16. The molecule has 0 saturated carbocycles. The van der Waals surface area contributed by atoms with E-state index in [2.05, 4.69) is 10.6 Å². The molecule has 0 aliphatic carbocycles. The number of nitrogens with one attached hydrogen (secondary N) is 2. The maximum Gasteiger partial charge on any atom is 0.248 e. The van der Waals surface area contributed by atoms with Crippen LogP contribution in [0.5, 0.6) is 0 Å². The van der Waals surface area contributed by atoms with Crippen LogP contribution >= 0.6 is 12.2 Å².